The smallest absolute Gasteiger partial charge is 0.282 e. The van der Waals surface area contributed by atoms with Crippen LogP contribution in [0.5, 0.6) is 0 Å². The fourth-order valence-corrected chi connectivity index (χ4v) is 6.37. The van der Waals surface area contributed by atoms with Crippen molar-refractivity contribution in [1.82, 2.24) is 29.2 Å². The van der Waals surface area contributed by atoms with Gasteiger partial charge in [0.2, 0.25) is 5.91 Å². The number of hydrogen-bond acceptors (Lipinski definition) is 9. The number of thioether (sulfide) groups is 1. The molecule has 4 rings (SSSR count). The van der Waals surface area contributed by atoms with E-state index in [9.17, 15) is 22.0 Å². The van der Waals surface area contributed by atoms with Gasteiger partial charge in [-0.1, -0.05) is 17.8 Å². The number of aromatic nitrogens is 4. The van der Waals surface area contributed by atoms with Crippen LogP contribution in [0.3, 0.4) is 0 Å². The molecule has 0 aliphatic carbocycles. The standard InChI is InChI=1S/C17H18F2N6O4S3/c1-23-9-11(14(22-23)15(18)19)16-20-21-17(29-16)31-10-12(26)24-4-6-25(7-5-24)32(27,28)13-3-2-8-30-13/h2-3,8-9,15H,4-7,10H2,1H3. The van der Waals surface area contributed by atoms with Crippen molar-refractivity contribution in [3.8, 4) is 11.5 Å². The van der Waals surface area contributed by atoms with Gasteiger partial charge in [0.25, 0.3) is 27.6 Å². The molecule has 172 valence electrons. The second-order valence-electron chi connectivity index (χ2n) is 6.78. The summed E-state index contributed by atoms with van der Waals surface area (Å²) in [4.78, 5) is 14.1. The van der Waals surface area contributed by atoms with Gasteiger partial charge in [-0.05, 0) is 11.4 Å². The maximum atomic E-state index is 13.1. The van der Waals surface area contributed by atoms with E-state index in [-0.39, 0.29) is 58.7 Å². The van der Waals surface area contributed by atoms with Gasteiger partial charge in [-0.2, -0.15) is 9.40 Å². The first-order valence-electron chi connectivity index (χ1n) is 9.35. The summed E-state index contributed by atoms with van der Waals surface area (Å²) < 4.78 is 59.7. The first kappa shape index (κ1) is 22.8. The van der Waals surface area contributed by atoms with Crippen LogP contribution < -0.4 is 0 Å². The predicted molar refractivity (Wildman–Crippen MR) is 112 cm³/mol. The number of amides is 1. The van der Waals surface area contributed by atoms with E-state index in [4.69, 9.17) is 4.42 Å². The second kappa shape index (κ2) is 9.25. The van der Waals surface area contributed by atoms with Crippen LogP contribution in [0.15, 0.2) is 37.6 Å². The van der Waals surface area contributed by atoms with Crippen LogP contribution in [-0.2, 0) is 21.9 Å². The van der Waals surface area contributed by atoms with Gasteiger partial charge in [-0.25, -0.2) is 17.2 Å². The largest absolute Gasteiger partial charge is 0.411 e. The second-order valence-corrected chi connectivity index (χ2v) is 10.8. The van der Waals surface area contributed by atoms with Crippen LogP contribution in [0, 0.1) is 0 Å². The number of sulfonamides is 1. The van der Waals surface area contributed by atoms with Crippen molar-refractivity contribution in [1.29, 1.82) is 0 Å². The zero-order chi connectivity index (χ0) is 22.9. The molecule has 0 bridgehead atoms. The van der Waals surface area contributed by atoms with Crippen molar-refractivity contribution in [2.24, 2.45) is 7.05 Å². The van der Waals surface area contributed by atoms with Crippen LogP contribution in [0.2, 0.25) is 0 Å². The average molecular weight is 505 g/mol. The molecule has 1 aliphatic rings. The quantitative estimate of drug-likeness (QED) is 0.450. The highest BCUT2D eigenvalue weighted by Gasteiger charge is 2.31. The lowest BCUT2D eigenvalue weighted by atomic mass is 10.2. The Balaban J connectivity index is 1.32. The number of carbonyl (C=O) groups is 1. The van der Waals surface area contributed by atoms with Crippen LogP contribution >= 0.6 is 23.1 Å². The first-order chi connectivity index (χ1) is 15.3. The molecule has 1 amide bonds. The Kier molecular flexibility index (Phi) is 6.60. The Morgan fingerprint density at radius 2 is 2.03 bits per heavy atom. The molecule has 32 heavy (non-hydrogen) atoms. The fourth-order valence-electron chi connectivity index (χ4n) is 3.14. The summed E-state index contributed by atoms with van der Waals surface area (Å²) in [7, 11) is -2.03. The molecule has 0 N–H and O–H groups in total. The monoisotopic (exact) mass is 504 g/mol. The van der Waals surface area contributed by atoms with E-state index in [0.717, 1.165) is 23.1 Å². The normalized spacial score (nSPS) is 15.6. The lowest BCUT2D eigenvalue weighted by Gasteiger charge is -2.33. The summed E-state index contributed by atoms with van der Waals surface area (Å²) in [5, 5.41) is 13.0. The Morgan fingerprint density at radius 1 is 1.28 bits per heavy atom. The van der Waals surface area contributed by atoms with Crippen molar-refractivity contribution in [2.75, 3.05) is 31.9 Å². The zero-order valence-corrected chi connectivity index (χ0v) is 19.2. The number of rotatable bonds is 7. The van der Waals surface area contributed by atoms with Gasteiger partial charge in [0.1, 0.15) is 9.90 Å². The molecule has 0 aromatic carbocycles. The third kappa shape index (κ3) is 4.69. The molecule has 0 spiro atoms. The number of halogens is 2. The summed E-state index contributed by atoms with van der Waals surface area (Å²) in [5.74, 6) is -0.318. The maximum absolute atomic E-state index is 13.1. The summed E-state index contributed by atoms with van der Waals surface area (Å²) in [6, 6.07) is 3.24. The molecule has 4 heterocycles. The number of aryl methyl sites for hydroxylation is 1. The summed E-state index contributed by atoms with van der Waals surface area (Å²) in [6.07, 6.45) is -1.43. The van der Waals surface area contributed by atoms with Crippen molar-refractivity contribution in [2.45, 2.75) is 15.9 Å². The number of nitrogens with zero attached hydrogens (tertiary/aromatic N) is 6. The van der Waals surface area contributed by atoms with Crippen molar-refractivity contribution >= 4 is 39.0 Å². The lowest BCUT2D eigenvalue weighted by molar-refractivity contribution is -0.129. The minimum Gasteiger partial charge on any atom is -0.411 e. The SMILES string of the molecule is Cn1cc(-c2nnc(SCC(=O)N3CCN(S(=O)(=O)c4cccs4)CC3)o2)c(C(F)F)n1. The minimum atomic E-state index is -3.54. The van der Waals surface area contributed by atoms with Gasteiger partial charge in [0.15, 0.2) is 0 Å². The van der Waals surface area contributed by atoms with Gasteiger partial charge in [0.05, 0.1) is 11.3 Å². The van der Waals surface area contributed by atoms with E-state index in [1.807, 2.05) is 0 Å². The molecular weight excluding hydrogens is 486 g/mol. The Morgan fingerprint density at radius 3 is 2.69 bits per heavy atom. The highest BCUT2D eigenvalue weighted by Crippen LogP contribution is 2.31. The molecule has 0 atom stereocenters. The highest BCUT2D eigenvalue weighted by atomic mass is 32.2. The van der Waals surface area contributed by atoms with Crippen molar-refractivity contribution in [3.05, 3.63) is 29.4 Å². The molecule has 1 aliphatic heterocycles. The van der Waals surface area contributed by atoms with Gasteiger partial charge in [0, 0.05) is 39.4 Å². The van der Waals surface area contributed by atoms with Crippen molar-refractivity contribution in [3.63, 3.8) is 0 Å². The minimum absolute atomic E-state index is 0.00590. The Hall–Kier alpha value is -2.36. The van der Waals surface area contributed by atoms with Crippen LogP contribution in [-0.4, -0.2) is 75.4 Å². The van der Waals surface area contributed by atoms with E-state index >= 15 is 0 Å². The first-order valence-corrected chi connectivity index (χ1v) is 12.7. The average Bonchev–Trinajstić information content (AvgIpc) is 3.52. The summed E-state index contributed by atoms with van der Waals surface area (Å²) in [6.45, 7) is 0.955. The molecule has 0 saturated carbocycles. The van der Waals surface area contributed by atoms with Crippen molar-refractivity contribution < 1.29 is 26.4 Å². The Labute approximate surface area is 190 Å². The van der Waals surface area contributed by atoms with Gasteiger partial charge in [-0.15, -0.1) is 21.5 Å². The molecule has 3 aromatic rings. The van der Waals surface area contributed by atoms with Gasteiger partial charge in [-0.3, -0.25) is 9.48 Å². The third-order valence-electron chi connectivity index (χ3n) is 4.70. The Bertz CT molecular complexity index is 1190. The third-order valence-corrected chi connectivity index (χ3v) is 8.78. The molecule has 1 saturated heterocycles. The van der Waals surface area contributed by atoms with Crippen LogP contribution in [0.1, 0.15) is 12.1 Å². The molecule has 0 unspecified atom stereocenters. The molecular formula is C17H18F2N6O4S3. The topological polar surface area (TPSA) is 114 Å². The lowest BCUT2D eigenvalue weighted by Crippen LogP contribution is -2.50. The summed E-state index contributed by atoms with van der Waals surface area (Å²) >= 11 is 2.14. The number of piperazine rings is 1. The molecule has 0 radical (unpaired) electrons. The van der Waals surface area contributed by atoms with Crippen LogP contribution in [0.4, 0.5) is 8.78 Å². The molecule has 3 aromatic heterocycles. The van der Waals surface area contributed by atoms with E-state index < -0.39 is 22.1 Å². The van der Waals surface area contributed by atoms with E-state index in [2.05, 4.69) is 15.3 Å². The zero-order valence-electron chi connectivity index (χ0n) is 16.7. The molecule has 10 nitrogen and oxygen atoms in total. The number of thiophene rings is 1. The van der Waals surface area contributed by atoms with E-state index in [0.29, 0.717) is 0 Å². The molecule has 15 heteroatoms. The van der Waals surface area contributed by atoms with E-state index in [1.54, 1.807) is 22.4 Å². The molecule has 1 fully saturated rings. The highest BCUT2D eigenvalue weighted by molar-refractivity contribution is 7.99. The maximum Gasteiger partial charge on any atom is 0.282 e. The number of alkyl halides is 2. The van der Waals surface area contributed by atoms with E-state index in [1.165, 1.54) is 22.2 Å². The summed E-state index contributed by atoms with van der Waals surface area (Å²) in [5.41, 5.74) is -0.421. The predicted octanol–water partition coefficient (Wildman–Crippen LogP) is 2.09. The fraction of sp³-hybridized carbons (Fsp3) is 0.412. The van der Waals surface area contributed by atoms with Crippen LogP contribution in [0.25, 0.3) is 11.5 Å². The van der Waals surface area contributed by atoms with Gasteiger partial charge < -0.3 is 9.32 Å². The number of carbonyl (C=O) groups excluding carboxylic acids is 1. The van der Waals surface area contributed by atoms with Gasteiger partial charge >= 0.3 is 0 Å². The number of hydrogen-bond donors (Lipinski definition) is 0.